The first-order valence-corrected chi connectivity index (χ1v) is 7.55. The van der Waals surface area contributed by atoms with Gasteiger partial charge in [0, 0.05) is 19.3 Å². The third kappa shape index (κ3) is 4.38. The number of alkyl carbamates (subject to hydrolysis) is 1. The van der Waals surface area contributed by atoms with Crippen LogP contribution < -0.4 is 10.6 Å². The number of nitrogens with one attached hydrogen (secondary N) is 2. The molecule has 0 atom stereocenters. The van der Waals surface area contributed by atoms with Crippen LogP contribution in [0.2, 0.25) is 0 Å². The van der Waals surface area contributed by atoms with Gasteiger partial charge in [-0.3, -0.25) is 0 Å². The smallest absolute Gasteiger partial charge is 0.407 e. The number of benzene rings is 2. The number of ether oxygens (including phenoxy) is 1. The topological polar surface area (TPSA) is 50.4 Å². The second-order valence-corrected chi connectivity index (χ2v) is 6.29. The molecule has 0 aliphatic carbocycles. The molecule has 0 heterocycles. The summed E-state index contributed by atoms with van der Waals surface area (Å²) in [5, 5.41) is 8.43. The highest BCUT2D eigenvalue weighted by Crippen LogP contribution is 2.24. The summed E-state index contributed by atoms with van der Waals surface area (Å²) in [5.41, 5.74) is 1.80. The maximum atomic E-state index is 11.7. The molecule has 2 rings (SSSR count). The Morgan fingerprint density at radius 2 is 1.77 bits per heavy atom. The molecule has 0 spiro atoms. The van der Waals surface area contributed by atoms with E-state index >= 15 is 0 Å². The summed E-state index contributed by atoms with van der Waals surface area (Å²) in [6, 6.07) is 12.6. The molecule has 0 saturated heterocycles. The molecular weight excluding hydrogens is 276 g/mol. The van der Waals surface area contributed by atoms with Crippen molar-refractivity contribution in [1.82, 2.24) is 5.32 Å². The van der Waals surface area contributed by atoms with Crippen molar-refractivity contribution in [2.24, 2.45) is 0 Å². The molecule has 0 aromatic heterocycles. The summed E-state index contributed by atoms with van der Waals surface area (Å²) in [5.74, 6) is 0. The van der Waals surface area contributed by atoms with Crippen LogP contribution in [0.3, 0.4) is 0 Å². The third-order valence-corrected chi connectivity index (χ3v) is 3.30. The molecule has 4 heteroatoms. The standard InChI is InChI=1S/C18H24N2O2/c1-18(2,3)22-17(21)20-10-9-15-11-13-7-5-6-8-14(13)12-16(15)19-4/h5-8,11-12,19H,9-10H2,1-4H3,(H,20,21). The van der Waals surface area contributed by atoms with Gasteiger partial charge in [-0.1, -0.05) is 24.3 Å². The van der Waals surface area contributed by atoms with E-state index in [4.69, 9.17) is 4.74 Å². The van der Waals surface area contributed by atoms with E-state index in [1.807, 2.05) is 40.0 Å². The average Bonchev–Trinajstić information content (AvgIpc) is 2.44. The normalized spacial score (nSPS) is 11.3. The number of hydrogen-bond donors (Lipinski definition) is 2. The SMILES string of the molecule is CNc1cc2ccccc2cc1CCNC(=O)OC(C)(C)C. The van der Waals surface area contributed by atoms with Crippen LogP contribution in [0.4, 0.5) is 10.5 Å². The second-order valence-electron chi connectivity index (χ2n) is 6.29. The van der Waals surface area contributed by atoms with Crippen molar-refractivity contribution in [3.63, 3.8) is 0 Å². The van der Waals surface area contributed by atoms with Crippen LogP contribution in [0, 0.1) is 0 Å². The molecule has 118 valence electrons. The van der Waals surface area contributed by atoms with Crippen LogP contribution in [0.25, 0.3) is 10.8 Å². The van der Waals surface area contributed by atoms with E-state index in [-0.39, 0.29) is 6.09 Å². The van der Waals surface area contributed by atoms with Crippen molar-refractivity contribution >= 4 is 22.6 Å². The van der Waals surface area contributed by atoms with Gasteiger partial charge in [-0.2, -0.15) is 0 Å². The highest BCUT2D eigenvalue weighted by Gasteiger charge is 2.15. The molecule has 0 aliphatic rings. The first kappa shape index (κ1) is 16.1. The third-order valence-electron chi connectivity index (χ3n) is 3.30. The molecular formula is C18H24N2O2. The fourth-order valence-electron chi connectivity index (χ4n) is 2.34. The predicted molar refractivity (Wildman–Crippen MR) is 91.4 cm³/mol. The van der Waals surface area contributed by atoms with Gasteiger partial charge in [-0.15, -0.1) is 0 Å². The molecule has 0 unspecified atom stereocenters. The molecule has 0 aliphatic heterocycles. The second kappa shape index (κ2) is 6.69. The Bertz CT molecular complexity index is 660. The van der Waals surface area contributed by atoms with Crippen molar-refractivity contribution in [1.29, 1.82) is 0 Å². The van der Waals surface area contributed by atoms with E-state index in [9.17, 15) is 4.79 Å². The van der Waals surface area contributed by atoms with E-state index in [0.29, 0.717) is 6.54 Å². The molecule has 0 fully saturated rings. The largest absolute Gasteiger partial charge is 0.444 e. The van der Waals surface area contributed by atoms with Gasteiger partial charge in [0.25, 0.3) is 0 Å². The molecule has 1 amide bonds. The first-order chi connectivity index (χ1) is 10.4. The van der Waals surface area contributed by atoms with E-state index in [2.05, 4.69) is 34.9 Å². The number of amides is 1. The predicted octanol–water partition coefficient (Wildman–Crippen LogP) is 3.95. The van der Waals surface area contributed by atoms with Crippen LogP contribution >= 0.6 is 0 Å². The lowest BCUT2D eigenvalue weighted by Crippen LogP contribution is -2.33. The summed E-state index contributed by atoms with van der Waals surface area (Å²) < 4.78 is 5.24. The Labute approximate surface area is 131 Å². The molecule has 0 radical (unpaired) electrons. The average molecular weight is 300 g/mol. The molecule has 2 N–H and O–H groups in total. The lowest BCUT2D eigenvalue weighted by atomic mass is 10.0. The molecule has 0 bridgehead atoms. The number of fused-ring (bicyclic) bond motifs is 1. The molecule has 2 aromatic carbocycles. The minimum Gasteiger partial charge on any atom is -0.444 e. The molecule has 2 aromatic rings. The van der Waals surface area contributed by atoms with Crippen molar-refractivity contribution in [3.8, 4) is 0 Å². The van der Waals surface area contributed by atoms with Gasteiger partial charge >= 0.3 is 6.09 Å². The highest BCUT2D eigenvalue weighted by molar-refractivity contribution is 5.87. The van der Waals surface area contributed by atoms with Crippen LogP contribution in [0.1, 0.15) is 26.3 Å². The summed E-state index contributed by atoms with van der Waals surface area (Å²) >= 11 is 0. The zero-order chi connectivity index (χ0) is 16.2. The van der Waals surface area contributed by atoms with Gasteiger partial charge < -0.3 is 15.4 Å². The van der Waals surface area contributed by atoms with Gasteiger partial charge in [-0.25, -0.2) is 4.79 Å². The van der Waals surface area contributed by atoms with Crippen molar-refractivity contribution in [2.45, 2.75) is 32.8 Å². The van der Waals surface area contributed by atoms with E-state index in [1.54, 1.807) is 0 Å². The van der Waals surface area contributed by atoms with Gasteiger partial charge in [0.15, 0.2) is 0 Å². The van der Waals surface area contributed by atoms with E-state index in [1.165, 1.54) is 16.3 Å². The summed E-state index contributed by atoms with van der Waals surface area (Å²) in [7, 11) is 1.91. The van der Waals surface area contributed by atoms with Gasteiger partial charge in [-0.05, 0) is 55.7 Å². The fraction of sp³-hybridized carbons (Fsp3) is 0.389. The minimum absolute atomic E-state index is 0.376. The van der Waals surface area contributed by atoms with Gasteiger partial charge in [0.2, 0.25) is 0 Å². The summed E-state index contributed by atoms with van der Waals surface area (Å²) in [6.45, 7) is 6.11. The Morgan fingerprint density at radius 3 is 2.36 bits per heavy atom. The van der Waals surface area contributed by atoms with Gasteiger partial charge in [0.05, 0.1) is 0 Å². The van der Waals surface area contributed by atoms with Crippen molar-refractivity contribution in [2.75, 3.05) is 18.9 Å². The lowest BCUT2D eigenvalue weighted by molar-refractivity contribution is 0.0528. The maximum absolute atomic E-state index is 11.7. The van der Waals surface area contributed by atoms with Crippen LogP contribution in [-0.2, 0) is 11.2 Å². The van der Waals surface area contributed by atoms with Crippen molar-refractivity contribution in [3.05, 3.63) is 42.0 Å². The first-order valence-electron chi connectivity index (χ1n) is 7.55. The fourth-order valence-corrected chi connectivity index (χ4v) is 2.34. The zero-order valence-electron chi connectivity index (χ0n) is 13.7. The number of rotatable bonds is 4. The van der Waals surface area contributed by atoms with E-state index < -0.39 is 5.60 Å². The Balaban J connectivity index is 2.03. The number of anilines is 1. The number of carbonyl (C=O) groups is 1. The summed E-state index contributed by atoms with van der Waals surface area (Å²) in [4.78, 5) is 11.7. The van der Waals surface area contributed by atoms with Gasteiger partial charge in [0.1, 0.15) is 5.60 Å². The molecule has 4 nitrogen and oxygen atoms in total. The van der Waals surface area contributed by atoms with E-state index in [0.717, 1.165) is 12.1 Å². The number of hydrogen-bond acceptors (Lipinski definition) is 3. The summed E-state index contributed by atoms with van der Waals surface area (Å²) in [6.07, 6.45) is 0.375. The molecule has 0 saturated carbocycles. The highest BCUT2D eigenvalue weighted by atomic mass is 16.6. The van der Waals surface area contributed by atoms with Crippen LogP contribution in [0.15, 0.2) is 36.4 Å². The van der Waals surface area contributed by atoms with Crippen molar-refractivity contribution < 1.29 is 9.53 Å². The monoisotopic (exact) mass is 300 g/mol. The number of carbonyl (C=O) groups excluding carboxylic acids is 1. The Morgan fingerprint density at radius 1 is 1.14 bits per heavy atom. The Kier molecular flexibility index (Phi) is 4.91. The quantitative estimate of drug-likeness (QED) is 0.899. The zero-order valence-corrected chi connectivity index (χ0v) is 13.7. The lowest BCUT2D eigenvalue weighted by Gasteiger charge is -2.20. The van der Waals surface area contributed by atoms with Crippen LogP contribution in [-0.4, -0.2) is 25.3 Å². The molecule has 22 heavy (non-hydrogen) atoms. The Hall–Kier alpha value is -2.23. The van der Waals surface area contributed by atoms with Crippen LogP contribution in [0.5, 0.6) is 0 Å². The minimum atomic E-state index is -0.469. The maximum Gasteiger partial charge on any atom is 0.407 e.